The van der Waals surface area contributed by atoms with Gasteiger partial charge < -0.3 is 14.5 Å². The first-order chi connectivity index (χ1) is 13.5. The number of ether oxygens (including phenoxy) is 1. The molecule has 2 amide bonds. The van der Waals surface area contributed by atoms with Crippen LogP contribution in [0.25, 0.3) is 0 Å². The van der Waals surface area contributed by atoms with Gasteiger partial charge in [0.2, 0.25) is 0 Å². The van der Waals surface area contributed by atoms with Crippen LogP contribution in [0.15, 0.2) is 24.3 Å². The number of rotatable bonds is 5. The molecule has 29 heavy (non-hydrogen) atoms. The highest BCUT2D eigenvalue weighted by atomic mass is 19.4. The number of piperidine rings is 1. The Labute approximate surface area is 167 Å². The lowest BCUT2D eigenvalue weighted by atomic mass is 9.96. The molecule has 0 N–H and O–H groups in total. The van der Waals surface area contributed by atoms with Crippen molar-refractivity contribution in [2.24, 2.45) is 5.92 Å². The van der Waals surface area contributed by atoms with Gasteiger partial charge in [-0.1, -0.05) is 0 Å². The van der Waals surface area contributed by atoms with Crippen LogP contribution < -0.4 is 0 Å². The molecule has 0 unspecified atom stereocenters. The van der Waals surface area contributed by atoms with E-state index in [1.54, 1.807) is 7.05 Å². The van der Waals surface area contributed by atoms with Crippen molar-refractivity contribution in [3.8, 4) is 0 Å². The molecule has 1 aromatic carbocycles. The van der Waals surface area contributed by atoms with E-state index in [2.05, 4.69) is 0 Å². The van der Waals surface area contributed by atoms with Gasteiger partial charge in [-0.15, -0.1) is 0 Å². The highest BCUT2D eigenvalue weighted by molar-refractivity contribution is 5.94. The molecule has 2 rings (SSSR count). The van der Waals surface area contributed by atoms with Crippen molar-refractivity contribution in [3.05, 3.63) is 35.4 Å². The van der Waals surface area contributed by atoms with Crippen molar-refractivity contribution in [1.29, 1.82) is 0 Å². The molecule has 1 aromatic rings. The number of alkyl halides is 3. The Bertz CT molecular complexity index is 739. The fourth-order valence-corrected chi connectivity index (χ4v) is 2.94. The summed E-state index contributed by atoms with van der Waals surface area (Å²) in [5, 5.41) is 0. The number of likely N-dealkylation sites (N-methyl/N-ethyl adjacent to an activating group) is 1. The molecule has 0 aromatic heterocycles. The number of likely N-dealkylation sites (tertiary alicyclic amines) is 1. The highest BCUT2D eigenvalue weighted by Crippen LogP contribution is 2.29. The average Bonchev–Trinajstić information content (AvgIpc) is 2.70. The fraction of sp³-hybridized carbons (Fsp3) is 0.550. The van der Waals surface area contributed by atoms with E-state index in [9.17, 15) is 27.6 Å². The lowest BCUT2D eigenvalue weighted by Gasteiger charge is -2.31. The molecule has 1 aliphatic heterocycles. The third-order valence-corrected chi connectivity index (χ3v) is 5.08. The van der Waals surface area contributed by atoms with Gasteiger partial charge in [0, 0.05) is 31.7 Å². The van der Waals surface area contributed by atoms with E-state index in [4.69, 9.17) is 4.74 Å². The largest absolute Gasteiger partial charge is 0.455 e. The zero-order chi connectivity index (χ0) is 21.8. The quantitative estimate of drug-likeness (QED) is 0.695. The second kappa shape index (κ2) is 9.28. The van der Waals surface area contributed by atoms with Gasteiger partial charge in [0.15, 0.2) is 6.61 Å². The number of benzene rings is 1. The van der Waals surface area contributed by atoms with Crippen molar-refractivity contribution < 1.29 is 32.3 Å². The van der Waals surface area contributed by atoms with E-state index in [0.717, 1.165) is 24.3 Å². The van der Waals surface area contributed by atoms with Crippen molar-refractivity contribution in [1.82, 2.24) is 9.80 Å². The van der Waals surface area contributed by atoms with Gasteiger partial charge in [0.25, 0.3) is 11.8 Å². The third-order valence-electron chi connectivity index (χ3n) is 5.08. The Morgan fingerprint density at radius 1 is 1.14 bits per heavy atom. The minimum Gasteiger partial charge on any atom is -0.455 e. The number of esters is 1. The third kappa shape index (κ3) is 5.95. The molecular weight excluding hydrogens is 389 g/mol. The molecule has 0 atom stereocenters. The number of hydrogen-bond donors (Lipinski definition) is 0. The summed E-state index contributed by atoms with van der Waals surface area (Å²) in [5.41, 5.74) is -0.644. The maximum atomic E-state index is 12.6. The Hall–Kier alpha value is -2.58. The van der Waals surface area contributed by atoms with Crippen LogP contribution in [0.5, 0.6) is 0 Å². The van der Waals surface area contributed by atoms with E-state index in [-0.39, 0.29) is 30.0 Å². The minimum atomic E-state index is -4.45. The molecule has 1 fully saturated rings. The second-order valence-electron chi connectivity index (χ2n) is 7.35. The van der Waals surface area contributed by atoms with Crippen LogP contribution >= 0.6 is 0 Å². The van der Waals surface area contributed by atoms with E-state index in [1.165, 1.54) is 9.80 Å². The van der Waals surface area contributed by atoms with Crippen LogP contribution in [0, 0.1) is 5.92 Å². The first kappa shape index (κ1) is 22.7. The minimum absolute atomic E-state index is 0.000603. The number of carbonyl (C=O) groups is 3. The van der Waals surface area contributed by atoms with E-state index < -0.39 is 23.6 Å². The van der Waals surface area contributed by atoms with Crippen molar-refractivity contribution in [2.75, 3.05) is 26.7 Å². The SMILES string of the molecule is CC(C)N(C)C(=O)COC(=O)C1CCN(C(=O)c2ccc(C(F)(F)F)cc2)CC1. The first-order valence-electron chi connectivity index (χ1n) is 9.39. The van der Waals surface area contributed by atoms with Gasteiger partial charge in [0.05, 0.1) is 11.5 Å². The van der Waals surface area contributed by atoms with Gasteiger partial charge in [-0.25, -0.2) is 0 Å². The number of amides is 2. The zero-order valence-electron chi connectivity index (χ0n) is 16.7. The maximum Gasteiger partial charge on any atom is 0.416 e. The number of nitrogens with zero attached hydrogens (tertiary/aromatic N) is 2. The van der Waals surface area contributed by atoms with Crippen LogP contribution in [0.1, 0.15) is 42.6 Å². The smallest absolute Gasteiger partial charge is 0.416 e. The lowest BCUT2D eigenvalue weighted by molar-refractivity contribution is -0.156. The Morgan fingerprint density at radius 3 is 2.17 bits per heavy atom. The maximum absolute atomic E-state index is 12.6. The molecule has 9 heteroatoms. The molecular formula is C20H25F3N2O4. The fourth-order valence-electron chi connectivity index (χ4n) is 2.94. The summed E-state index contributed by atoms with van der Waals surface area (Å²) in [7, 11) is 1.63. The second-order valence-corrected chi connectivity index (χ2v) is 7.35. The summed E-state index contributed by atoms with van der Waals surface area (Å²) >= 11 is 0. The molecule has 1 heterocycles. The summed E-state index contributed by atoms with van der Waals surface area (Å²) in [6.45, 7) is 3.96. The topological polar surface area (TPSA) is 66.9 Å². The number of hydrogen-bond acceptors (Lipinski definition) is 4. The van der Waals surface area contributed by atoms with Crippen LogP contribution in [0.2, 0.25) is 0 Å². The molecule has 0 saturated carbocycles. The van der Waals surface area contributed by atoms with Crippen molar-refractivity contribution in [2.45, 2.75) is 38.9 Å². The molecule has 1 saturated heterocycles. The number of carbonyl (C=O) groups excluding carboxylic acids is 3. The molecule has 160 valence electrons. The summed E-state index contributed by atoms with van der Waals surface area (Å²) in [6.07, 6.45) is -3.70. The van der Waals surface area contributed by atoms with Crippen LogP contribution in [0.3, 0.4) is 0 Å². The molecule has 0 aliphatic carbocycles. The van der Waals surface area contributed by atoms with Gasteiger partial charge >= 0.3 is 12.1 Å². The van der Waals surface area contributed by atoms with Gasteiger partial charge in [-0.2, -0.15) is 13.2 Å². The van der Waals surface area contributed by atoms with E-state index >= 15 is 0 Å². The molecule has 1 aliphatic rings. The standard InChI is InChI=1S/C20H25F3N2O4/c1-13(2)24(3)17(26)12-29-19(28)15-8-10-25(11-9-15)18(27)14-4-6-16(7-5-14)20(21,22)23/h4-7,13,15H,8-12H2,1-3H3. The van der Waals surface area contributed by atoms with Gasteiger partial charge in [-0.05, 0) is 51.0 Å². The van der Waals surface area contributed by atoms with Crippen molar-refractivity contribution >= 4 is 17.8 Å². The average molecular weight is 414 g/mol. The molecule has 6 nitrogen and oxygen atoms in total. The lowest BCUT2D eigenvalue weighted by Crippen LogP contribution is -2.41. The summed E-state index contributed by atoms with van der Waals surface area (Å²) in [6, 6.07) is 4.07. The Morgan fingerprint density at radius 2 is 1.69 bits per heavy atom. The number of halogens is 3. The summed E-state index contributed by atoms with van der Waals surface area (Å²) in [4.78, 5) is 39.5. The van der Waals surface area contributed by atoms with E-state index in [0.29, 0.717) is 25.9 Å². The van der Waals surface area contributed by atoms with E-state index in [1.807, 2.05) is 13.8 Å². The molecule has 0 radical (unpaired) electrons. The normalized spacial score (nSPS) is 15.3. The molecule has 0 spiro atoms. The summed E-state index contributed by atoms with van der Waals surface area (Å²) in [5.74, 6) is -1.55. The Kier molecular flexibility index (Phi) is 7.26. The molecule has 0 bridgehead atoms. The predicted octanol–water partition coefficient (Wildman–Crippen LogP) is 2.97. The Balaban J connectivity index is 1.84. The predicted molar refractivity (Wildman–Crippen MR) is 98.9 cm³/mol. The summed E-state index contributed by atoms with van der Waals surface area (Å²) < 4.78 is 43.0. The van der Waals surface area contributed by atoms with Crippen LogP contribution in [0.4, 0.5) is 13.2 Å². The van der Waals surface area contributed by atoms with Crippen LogP contribution in [-0.2, 0) is 20.5 Å². The monoisotopic (exact) mass is 414 g/mol. The highest BCUT2D eigenvalue weighted by Gasteiger charge is 2.32. The van der Waals surface area contributed by atoms with Crippen molar-refractivity contribution in [3.63, 3.8) is 0 Å². The van der Waals surface area contributed by atoms with Crippen LogP contribution in [-0.4, -0.2) is 60.4 Å². The van der Waals surface area contributed by atoms with Gasteiger partial charge in [0.1, 0.15) is 0 Å². The van der Waals surface area contributed by atoms with Gasteiger partial charge in [-0.3, -0.25) is 14.4 Å². The zero-order valence-corrected chi connectivity index (χ0v) is 16.7. The first-order valence-corrected chi connectivity index (χ1v) is 9.39.